The second-order valence-corrected chi connectivity index (χ2v) is 6.67. The largest absolute Gasteiger partial charge is 0.481 e. The normalized spacial score (nSPS) is 19.1. The minimum Gasteiger partial charge on any atom is -0.481 e. The predicted molar refractivity (Wildman–Crippen MR) is 93.1 cm³/mol. The maximum absolute atomic E-state index is 14.0. The van der Waals surface area contributed by atoms with Gasteiger partial charge in [-0.2, -0.15) is 0 Å². The number of halogens is 1. The molecule has 1 aliphatic carbocycles. The Labute approximate surface area is 145 Å². The molecule has 1 amide bonds. The van der Waals surface area contributed by atoms with Crippen LogP contribution in [0.2, 0.25) is 0 Å². The van der Waals surface area contributed by atoms with Crippen LogP contribution in [0.4, 0.5) is 10.1 Å². The van der Waals surface area contributed by atoms with Crippen LogP contribution in [0.15, 0.2) is 42.5 Å². The van der Waals surface area contributed by atoms with Crippen LogP contribution in [0.3, 0.4) is 0 Å². The molecule has 0 spiro atoms. The molecular formula is C20H20FNO3. The maximum atomic E-state index is 14.0. The Morgan fingerprint density at radius 1 is 1.24 bits per heavy atom. The number of benzene rings is 2. The SMILES string of the molecule is CC1(C(=O)Nc2ccc(CC(=O)O)c(F)c2)CCCc2ccccc21. The molecule has 4 nitrogen and oxygen atoms in total. The summed E-state index contributed by atoms with van der Waals surface area (Å²) in [5.41, 5.74) is 1.96. The first-order chi connectivity index (χ1) is 11.9. The van der Waals surface area contributed by atoms with Crippen LogP contribution in [0, 0.1) is 5.82 Å². The van der Waals surface area contributed by atoms with Gasteiger partial charge in [0.25, 0.3) is 0 Å². The van der Waals surface area contributed by atoms with Crippen LogP contribution in [-0.4, -0.2) is 17.0 Å². The fraction of sp³-hybridized carbons (Fsp3) is 0.300. The Kier molecular flexibility index (Phi) is 4.57. The number of aryl methyl sites for hydroxylation is 1. The van der Waals surface area contributed by atoms with E-state index in [-0.39, 0.29) is 17.9 Å². The van der Waals surface area contributed by atoms with Crippen LogP contribution in [0.1, 0.15) is 36.5 Å². The topological polar surface area (TPSA) is 66.4 Å². The van der Waals surface area contributed by atoms with Crippen molar-refractivity contribution in [2.24, 2.45) is 0 Å². The van der Waals surface area contributed by atoms with E-state index in [1.165, 1.54) is 23.8 Å². The lowest BCUT2D eigenvalue weighted by Gasteiger charge is -2.34. The van der Waals surface area contributed by atoms with E-state index < -0.39 is 17.2 Å². The van der Waals surface area contributed by atoms with Crippen molar-refractivity contribution < 1.29 is 19.1 Å². The highest BCUT2D eigenvalue weighted by atomic mass is 19.1. The van der Waals surface area contributed by atoms with Crippen molar-refractivity contribution in [3.63, 3.8) is 0 Å². The molecule has 2 aromatic carbocycles. The standard InChI is InChI=1S/C20H20FNO3/c1-20(10-4-6-13-5-2-3-7-16(13)20)19(25)22-15-9-8-14(11-18(23)24)17(21)12-15/h2-3,5,7-9,12H,4,6,10-11H2,1H3,(H,22,25)(H,23,24). The smallest absolute Gasteiger partial charge is 0.307 e. The van der Waals surface area contributed by atoms with Gasteiger partial charge >= 0.3 is 5.97 Å². The van der Waals surface area contributed by atoms with Gasteiger partial charge in [0.2, 0.25) is 5.91 Å². The average Bonchev–Trinajstić information content (AvgIpc) is 2.57. The van der Waals surface area contributed by atoms with E-state index in [0.29, 0.717) is 5.69 Å². The Morgan fingerprint density at radius 2 is 2.00 bits per heavy atom. The zero-order valence-electron chi connectivity index (χ0n) is 14.0. The number of carbonyl (C=O) groups is 2. The third-order valence-corrected chi connectivity index (χ3v) is 4.89. The molecule has 0 aliphatic heterocycles. The van der Waals surface area contributed by atoms with E-state index in [1.807, 2.05) is 31.2 Å². The third-order valence-electron chi connectivity index (χ3n) is 4.89. The van der Waals surface area contributed by atoms with Crippen LogP contribution in [0.5, 0.6) is 0 Å². The molecule has 1 atom stereocenters. The Balaban J connectivity index is 1.83. The number of anilines is 1. The zero-order valence-corrected chi connectivity index (χ0v) is 14.0. The summed E-state index contributed by atoms with van der Waals surface area (Å²) in [6.45, 7) is 1.91. The number of carboxylic acids is 1. The molecule has 5 heteroatoms. The zero-order chi connectivity index (χ0) is 18.0. The van der Waals surface area contributed by atoms with E-state index in [2.05, 4.69) is 5.32 Å². The van der Waals surface area contributed by atoms with Gasteiger partial charge in [-0.1, -0.05) is 30.3 Å². The van der Waals surface area contributed by atoms with Crippen LogP contribution in [0.25, 0.3) is 0 Å². The molecule has 0 saturated carbocycles. The van der Waals surface area contributed by atoms with Crippen LogP contribution in [-0.2, 0) is 27.8 Å². The minimum atomic E-state index is -1.10. The highest BCUT2D eigenvalue weighted by molar-refractivity contribution is 5.99. The molecule has 1 aliphatic rings. The molecule has 0 heterocycles. The molecule has 130 valence electrons. The fourth-order valence-electron chi connectivity index (χ4n) is 3.48. The molecular weight excluding hydrogens is 321 g/mol. The van der Waals surface area contributed by atoms with E-state index in [4.69, 9.17) is 5.11 Å². The first-order valence-electron chi connectivity index (χ1n) is 8.30. The lowest BCUT2D eigenvalue weighted by atomic mass is 9.70. The van der Waals surface area contributed by atoms with Gasteiger partial charge in [-0.15, -0.1) is 0 Å². The molecule has 25 heavy (non-hydrogen) atoms. The Bertz CT molecular complexity index is 833. The van der Waals surface area contributed by atoms with Gasteiger partial charge in [0.15, 0.2) is 0 Å². The summed E-state index contributed by atoms with van der Waals surface area (Å²) >= 11 is 0. The number of carbonyl (C=O) groups excluding carboxylic acids is 1. The maximum Gasteiger partial charge on any atom is 0.307 e. The van der Waals surface area contributed by atoms with Crippen molar-refractivity contribution in [1.82, 2.24) is 0 Å². The number of aliphatic carboxylic acids is 1. The van der Waals surface area contributed by atoms with Crippen LogP contribution >= 0.6 is 0 Å². The van der Waals surface area contributed by atoms with E-state index in [9.17, 15) is 14.0 Å². The lowest BCUT2D eigenvalue weighted by molar-refractivity contribution is -0.136. The minimum absolute atomic E-state index is 0.0970. The second kappa shape index (κ2) is 6.67. The molecule has 0 fully saturated rings. The summed E-state index contributed by atoms with van der Waals surface area (Å²) < 4.78 is 14.0. The Hall–Kier alpha value is -2.69. The molecule has 3 rings (SSSR count). The van der Waals surface area contributed by atoms with Crippen molar-refractivity contribution in [1.29, 1.82) is 0 Å². The number of nitrogens with one attached hydrogen (secondary N) is 1. The quantitative estimate of drug-likeness (QED) is 0.891. The number of amides is 1. The van der Waals surface area contributed by atoms with Gasteiger partial charge in [0, 0.05) is 5.69 Å². The highest BCUT2D eigenvalue weighted by Crippen LogP contribution is 2.38. The van der Waals surface area contributed by atoms with Crippen molar-refractivity contribution >= 4 is 17.6 Å². The van der Waals surface area contributed by atoms with Gasteiger partial charge in [-0.05, 0) is 55.0 Å². The summed E-state index contributed by atoms with van der Waals surface area (Å²) in [5.74, 6) is -1.90. The Morgan fingerprint density at radius 3 is 2.72 bits per heavy atom. The van der Waals surface area contributed by atoms with Crippen molar-refractivity contribution in [2.75, 3.05) is 5.32 Å². The fourth-order valence-corrected chi connectivity index (χ4v) is 3.48. The van der Waals surface area contributed by atoms with Gasteiger partial charge in [0.1, 0.15) is 5.82 Å². The van der Waals surface area contributed by atoms with Crippen molar-refractivity contribution in [3.05, 3.63) is 65.0 Å². The molecule has 2 N–H and O–H groups in total. The molecule has 0 radical (unpaired) electrons. The summed E-state index contributed by atoms with van der Waals surface area (Å²) in [6, 6.07) is 12.0. The van der Waals surface area contributed by atoms with Gasteiger partial charge in [-0.25, -0.2) is 4.39 Å². The first kappa shape index (κ1) is 17.1. The van der Waals surface area contributed by atoms with Crippen LogP contribution < -0.4 is 5.32 Å². The summed E-state index contributed by atoms with van der Waals surface area (Å²) in [4.78, 5) is 23.6. The highest BCUT2D eigenvalue weighted by Gasteiger charge is 2.38. The molecule has 2 aromatic rings. The van der Waals surface area contributed by atoms with Gasteiger partial charge in [0.05, 0.1) is 11.8 Å². The summed E-state index contributed by atoms with van der Waals surface area (Å²) in [7, 11) is 0. The third kappa shape index (κ3) is 3.40. The molecule has 1 unspecified atom stereocenters. The summed E-state index contributed by atoms with van der Waals surface area (Å²) in [6.07, 6.45) is 2.23. The molecule has 0 saturated heterocycles. The molecule has 0 aromatic heterocycles. The van der Waals surface area contributed by atoms with Gasteiger partial charge in [-0.3, -0.25) is 9.59 Å². The first-order valence-corrected chi connectivity index (χ1v) is 8.30. The summed E-state index contributed by atoms with van der Waals surface area (Å²) in [5, 5.41) is 11.6. The van der Waals surface area contributed by atoms with Crippen molar-refractivity contribution in [3.8, 4) is 0 Å². The van der Waals surface area contributed by atoms with E-state index in [1.54, 1.807) is 0 Å². The molecule has 0 bridgehead atoms. The number of hydrogen-bond acceptors (Lipinski definition) is 2. The second-order valence-electron chi connectivity index (χ2n) is 6.67. The average molecular weight is 341 g/mol. The lowest BCUT2D eigenvalue weighted by Crippen LogP contribution is -2.40. The predicted octanol–water partition coefficient (Wildman–Crippen LogP) is 3.69. The number of fused-ring (bicyclic) bond motifs is 1. The number of hydrogen-bond donors (Lipinski definition) is 2. The monoisotopic (exact) mass is 341 g/mol. The number of carboxylic acid groups (broad SMARTS) is 1. The van der Waals surface area contributed by atoms with E-state index >= 15 is 0 Å². The van der Waals surface area contributed by atoms with Crippen molar-refractivity contribution in [2.45, 2.75) is 38.0 Å². The van der Waals surface area contributed by atoms with E-state index in [0.717, 1.165) is 24.8 Å². The number of rotatable bonds is 4. The van der Waals surface area contributed by atoms with Gasteiger partial charge < -0.3 is 10.4 Å².